The lowest BCUT2D eigenvalue weighted by Gasteiger charge is -2.44. The van der Waals surface area contributed by atoms with Gasteiger partial charge < -0.3 is 10.1 Å². The zero-order valence-electron chi connectivity index (χ0n) is 15.8. The zero-order chi connectivity index (χ0) is 19.7. The van der Waals surface area contributed by atoms with E-state index in [-0.39, 0.29) is 6.23 Å². The Hall–Kier alpha value is -2.88. The molecular formula is C26H20BrNO. The van der Waals surface area contributed by atoms with Crippen LogP contribution in [-0.2, 0) is 10.3 Å². The van der Waals surface area contributed by atoms with Crippen LogP contribution in [0.15, 0.2) is 114 Å². The summed E-state index contributed by atoms with van der Waals surface area (Å²) < 4.78 is 8.02. The molecule has 4 aromatic rings. The summed E-state index contributed by atoms with van der Waals surface area (Å²) in [6, 6.07) is 37.7. The van der Waals surface area contributed by atoms with Crippen molar-refractivity contribution in [2.45, 2.75) is 11.8 Å². The number of anilines is 1. The van der Waals surface area contributed by atoms with Crippen LogP contribution < -0.4 is 5.32 Å². The van der Waals surface area contributed by atoms with Crippen LogP contribution >= 0.6 is 15.9 Å². The van der Waals surface area contributed by atoms with Gasteiger partial charge in [-0.3, -0.25) is 0 Å². The summed E-state index contributed by atoms with van der Waals surface area (Å²) in [5.41, 5.74) is 4.80. The molecule has 3 heteroatoms. The standard InChI is InChI=1S/C26H20BrNO/c27-22-17-15-19(16-18-22)25-28-24-14-8-7-13-23(24)26(29-25,20-9-3-1-4-10-20)21-11-5-2-6-12-21/h1-18,25,28H. The molecular weight excluding hydrogens is 422 g/mol. The van der Waals surface area contributed by atoms with Crippen LogP contribution in [0, 0.1) is 0 Å². The number of halogens is 1. The first-order valence-corrected chi connectivity index (χ1v) is 10.5. The van der Waals surface area contributed by atoms with E-state index in [4.69, 9.17) is 4.74 Å². The molecule has 0 fully saturated rings. The van der Waals surface area contributed by atoms with Crippen molar-refractivity contribution in [2.75, 3.05) is 5.32 Å². The van der Waals surface area contributed by atoms with E-state index in [2.05, 4.69) is 106 Å². The van der Waals surface area contributed by atoms with E-state index in [0.29, 0.717) is 0 Å². The van der Waals surface area contributed by atoms with Gasteiger partial charge >= 0.3 is 0 Å². The highest BCUT2D eigenvalue weighted by Crippen LogP contribution is 2.49. The molecule has 0 radical (unpaired) electrons. The molecule has 5 rings (SSSR count). The minimum absolute atomic E-state index is 0.279. The predicted octanol–water partition coefficient (Wildman–Crippen LogP) is 6.88. The molecule has 0 spiro atoms. The smallest absolute Gasteiger partial charge is 0.156 e. The summed E-state index contributed by atoms with van der Waals surface area (Å²) in [5, 5.41) is 3.59. The van der Waals surface area contributed by atoms with Crippen LogP contribution in [0.5, 0.6) is 0 Å². The maximum absolute atomic E-state index is 6.97. The van der Waals surface area contributed by atoms with Crippen LogP contribution in [-0.4, -0.2) is 0 Å². The Bertz CT molecular complexity index is 1070. The van der Waals surface area contributed by atoms with Crippen molar-refractivity contribution in [3.05, 3.63) is 136 Å². The Morgan fingerprint density at radius 3 is 1.83 bits per heavy atom. The highest BCUT2D eigenvalue weighted by molar-refractivity contribution is 9.10. The fourth-order valence-electron chi connectivity index (χ4n) is 4.08. The zero-order valence-corrected chi connectivity index (χ0v) is 17.3. The summed E-state index contributed by atoms with van der Waals surface area (Å²) in [7, 11) is 0. The van der Waals surface area contributed by atoms with E-state index in [1.807, 2.05) is 24.3 Å². The lowest BCUT2D eigenvalue weighted by atomic mass is 9.78. The van der Waals surface area contributed by atoms with Gasteiger partial charge in [0, 0.05) is 21.3 Å². The van der Waals surface area contributed by atoms with Crippen molar-refractivity contribution in [1.82, 2.24) is 0 Å². The first kappa shape index (κ1) is 18.2. The molecule has 1 atom stereocenters. The largest absolute Gasteiger partial charge is 0.356 e. The molecule has 1 heterocycles. The highest BCUT2D eigenvalue weighted by atomic mass is 79.9. The fourth-order valence-corrected chi connectivity index (χ4v) is 4.34. The van der Waals surface area contributed by atoms with Gasteiger partial charge in [0.15, 0.2) is 6.23 Å². The first-order chi connectivity index (χ1) is 14.3. The van der Waals surface area contributed by atoms with Crippen LogP contribution in [0.25, 0.3) is 0 Å². The molecule has 4 aromatic carbocycles. The number of ether oxygens (including phenoxy) is 1. The number of hydrogen-bond acceptors (Lipinski definition) is 2. The molecule has 0 saturated heterocycles. The van der Waals surface area contributed by atoms with Crippen LogP contribution in [0.3, 0.4) is 0 Å². The fraction of sp³-hybridized carbons (Fsp3) is 0.0769. The van der Waals surface area contributed by atoms with E-state index in [1.165, 1.54) is 0 Å². The predicted molar refractivity (Wildman–Crippen MR) is 121 cm³/mol. The average molecular weight is 442 g/mol. The molecule has 1 unspecified atom stereocenters. The maximum atomic E-state index is 6.97. The second-order valence-corrected chi connectivity index (χ2v) is 8.07. The third-order valence-electron chi connectivity index (χ3n) is 5.42. The summed E-state index contributed by atoms with van der Waals surface area (Å²) in [5.74, 6) is 0. The molecule has 29 heavy (non-hydrogen) atoms. The Kier molecular flexibility index (Phi) is 4.70. The monoisotopic (exact) mass is 441 g/mol. The Morgan fingerprint density at radius 2 is 1.21 bits per heavy atom. The molecule has 0 aliphatic carbocycles. The summed E-state index contributed by atoms with van der Waals surface area (Å²) in [4.78, 5) is 0. The lowest BCUT2D eigenvalue weighted by molar-refractivity contribution is -0.0432. The van der Waals surface area contributed by atoms with Crippen LogP contribution in [0.4, 0.5) is 5.69 Å². The quantitative estimate of drug-likeness (QED) is 0.373. The topological polar surface area (TPSA) is 21.3 Å². The summed E-state index contributed by atoms with van der Waals surface area (Å²) in [6.07, 6.45) is -0.279. The van der Waals surface area contributed by atoms with Gasteiger partial charge in [-0.1, -0.05) is 107 Å². The van der Waals surface area contributed by atoms with Gasteiger partial charge in [0.25, 0.3) is 0 Å². The second-order valence-electron chi connectivity index (χ2n) is 7.15. The molecule has 0 aromatic heterocycles. The Labute approximate surface area is 179 Å². The van der Waals surface area contributed by atoms with E-state index < -0.39 is 5.60 Å². The van der Waals surface area contributed by atoms with Crippen molar-refractivity contribution in [1.29, 1.82) is 0 Å². The number of fused-ring (bicyclic) bond motifs is 1. The van der Waals surface area contributed by atoms with Gasteiger partial charge in [0.2, 0.25) is 0 Å². The third-order valence-corrected chi connectivity index (χ3v) is 5.95. The molecule has 1 aliphatic rings. The van der Waals surface area contributed by atoms with Crippen molar-refractivity contribution in [3.8, 4) is 0 Å². The van der Waals surface area contributed by atoms with Gasteiger partial charge in [-0.2, -0.15) is 0 Å². The average Bonchev–Trinajstić information content (AvgIpc) is 2.80. The van der Waals surface area contributed by atoms with Gasteiger partial charge in [0.05, 0.1) is 0 Å². The third kappa shape index (κ3) is 3.17. The van der Waals surface area contributed by atoms with Gasteiger partial charge in [-0.05, 0) is 29.3 Å². The van der Waals surface area contributed by atoms with Crippen molar-refractivity contribution < 1.29 is 4.74 Å². The number of para-hydroxylation sites is 1. The van der Waals surface area contributed by atoms with Gasteiger partial charge in [-0.25, -0.2) is 0 Å². The normalized spacial score (nSPS) is 17.2. The second kappa shape index (κ2) is 7.51. The summed E-state index contributed by atoms with van der Waals surface area (Å²) >= 11 is 3.53. The van der Waals surface area contributed by atoms with E-state index >= 15 is 0 Å². The SMILES string of the molecule is Brc1ccc(C2Nc3ccccc3C(c3ccccc3)(c3ccccc3)O2)cc1. The minimum Gasteiger partial charge on any atom is -0.356 e. The highest BCUT2D eigenvalue weighted by Gasteiger charge is 2.44. The molecule has 142 valence electrons. The van der Waals surface area contributed by atoms with Crippen molar-refractivity contribution in [2.24, 2.45) is 0 Å². The number of hydrogen-bond donors (Lipinski definition) is 1. The first-order valence-electron chi connectivity index (χ1n) is 9.68. The molecule has 1 N–H and O–H groups in total. The Morgan fingerprint density at radius 1 is 0.655 bits per heavy atom. The van der Waals surface area contributed by atoms with Gasteiger partial charge in [0.1, 0.15) is 5.60 Å². The molecule has 0 amide bonds. The molecule has 0 bridgehead atoms. The summed E-state index contributed by atoms with van der Waals surface area (Å²) in [6.45, 7) is 0. The van der Waals surface area contributed by atoms with Crippen LogP contribution in [0.1, 0.15) is 28.5 Å². The molecule has 1 aliphatic heterocycles. The number of benzene rings is 4. The van der Waals surface area contributed by atoms with E-state index in [1.54, 1.807) is 0 Å². The van der Waals surface area contributed by atoms with Crippen molar-refractivity contribution in [3.63, 3.8) is 0 Å². The Balaban J connectivity index is 1.77. The van der Waals surface area contributed by atoms with E-state index in [9.17, 15) is 0 Å². The minimum atomic E-state index is -0.706. The molecule has 0 saturated carbocycles. The number of rotatable bonds is 3. The lowest BCUT2D eigenvalue weighted by Crippen LogP contribution is -2.40. The van der Waals surface area contributed by atoms with Crippen LogP contribution in [0.2, 0.25) is 0 Å². The maximum Gasteiger partial charge on any atom is 0.156 e. The van der Waals surface area contributed by atoms with E-state index in [0.717, 1.165) is 32.4 Å². The molecule has 2 nitrogen and oxygen atoms in total. The van der Waals surface area contributed by atoms with Gasteiger partial charge in [-0.15, -0.1) is 0 Å². The van der Waals surface area contributed by atoms with Crippen molar-refractivity contribution >= 4 is 21.6 Å². The number of nitrogens with one attached hydrogen (secondary N) is 1.